The van der Waals surface area contributed by atoms with Crippen LogP contribution in [-0.4, -0.2) is 41.7 Å². The number of aromatic nitrogens is 2. The van der Waals surface area contributed by atoms with Crippen LogP contribution in [0.4, 0.5) is 5.69 Å². The van der Waals surface area contributed by atoms with Crippen LogP contribution in [-0.2, 0) is 21.2 Å². The number of hydrogen-bond donors (Lipinski definition) is 1. The maximum absolute atomic E-state index is 12.8. The van der Waals surface area contributed by atoms with Gasteiger partial charge < -0.3 is 5.32 Å². The van der Waals surface area contributed by atoms with Crippen LogP contribution in [0.15, 0.2) is 58.9 Å². The van der Waals surface area contributed by atoms with Gasteiger partial charge in [0.15, 0.2) is 0 Å². The van der Waals surface area contributed by atoms with E-state index < -0.39 is 10.0 Å². The van der Waals surface area contributed by atoms with Crippen LogP contribution >= 0.6 is 11.3 Å². The molecule has 162 valence electrons. The van der Waals surface area contributed by atoms with Gasteiger partial charge in [0, 0.05) is 30.4 Å². The summed E-state index contributed by atoms with van der Waals surface area (Å²) < 4.78 is 27.2. The van der Waals surface area contributed by atoms with E-state index in [1.165, 1.54) is 11.3 Å². The number of carbonyl (C=O) groups excluding carboxylic acids is 1. The van der Waals surface area contributed by atoms with Crippen molar-refractivity contribution in [2.45, 2.75) is 31.1 Å². The molecule has 7 nitrogen and oxygen atoms in total. The first-order valence-electron chi connectivity index (χ1n) is 10.2. The third kappa shape index (κ3) is 5.17. The normalized spacial score (nSPS) is 15.6. The second-order valence-corrected chi connectivity index (χ2v) is 10.5. The summed E-state index contributed by atoms with van der Waals surface area (Å²) in [6.07, 6.45) is 3.60. The fourth-order valence-electron chi connectivity index (χ4n) is 3.45. The van der Waals surface area contributed by atoms with Gasteiger partial charge in [0.1, 0.15) is 5.01 Å². The highest BCUT2D eigenvalue weighted by molar-refractivity contribution is 7.89. The summed E-state index contributed by atoms with van der Waals surface area (Å²) in [7, 11) is -3.50. The average molecular weight is 457 g/mol. The summed E-state index contributed by atoms with van der Waals surface area (Å²) in [6.45, 7) is 3.25. The summed E-state index contributed by atoms with van der Waals surface area (Å²) in [5.41, 5.74) is 2.00. The molecular weight excluding hydrogens is 432 g/mol. The maximum Gasteiger partial charge on any atom is 0.243 e. The predicted molar refractivity (Wildman–Crippen MR) is 121 cm³/mol. The first-order valence-corrected chi connectivity index (χ1v) is 12.5. The molecule has 1 amide bonds. The van der Waals surface area contributed by atoms with Crippen molar-refractivity contribution in [3.8, 4) is 10.7 Å². The molecule has 4 rings (SSSR count). The zero-order valence-electron chi connectivity index (χ0n) is 17.2. The quantitative estimate of drug-likeness (QED) is 0.609. The Bertz CT molecular complexity index is 1140. The molecule has 1 fully saturated rings. The first-order chi connectivity index (χ1) is 14.9. The van der Waals surface area contributed by atoms with E-state index in [4.69, 9.17) is 0 Å². The molecule has 0 spiro atoms. The number of thiazole rings is 1. The highest BCUT2D eigenvalue weighted by Gasteiger charge is 2.27. The predicted octanol–water partition coefficient (Wildman–Crippen LogP) is 3.81. The Morgan fingerprint density at radius 3 is 2.58 bits per heavy atom. The first kappa shape index (κ1) is 21.6. The Labute approximate surface area is 186 Å². The smallest absolute Gasteiger partial charge is 0.243 e. The van der Waals surface area contributed by atoms with Crippen molar-refractivity contribution in [2.24, 2.45) is 5.92 Å². The van der Waals surface area contributed by atoms with Gasteiger partial charge in [-0.1, -0.05) is 13.0 Å². The zero-order chi connectivity index (χ0) is 21.8. The molecule has 1 aliphatic heterocycles. The Hall–Kier alpha value is -2.62. The van der Waals surface area contributed by atoms with Crippen LogP contribution in [0, 0.1) is 5.92 Å². The fraction of sp³-hybridized carbons (Fsp3) is 0.318. The standard InChI is InChI=1S/C22H24N4O3S2/c1-16-9-12-26(13-10-16)31(28,29)19-7-5-17(6-8-19)24-21(27)14-18-15-30-22(25-18)20-4-2-3-11-23-20/h2-8,11,15-16H,9-10,12-14H2,1H3,(H,24,27). The second-order valence-electron chi connectivity index (χ2n) is 7.69. The number of piperidine rings is 1. The van der Waals surface area contributed by atoms with Crippen molar-refractivity contribution < 1.29 is 13.2 Å². The maximum atomic E-state index is 12.8. The van der Waals surface area contributed by atoms with Gasteiger partial charge in [-0.15, -0.1) is 11.3 Å². The van der Waals surface area contributed by atoms with Crippen LogP contribution in [0.2, 0.25) is 0 Å². The highest BCUT2D eigenvalue weighted by Crippen LogP contribution is 2.25. The molecule has 0 bridgehead atoms. The molecule has 31 heavy (non-hydrogen) atoms. The highest BCUT2D eigenvalue weighted by atomic mass is 32.2. The number of hydrogen-bond acceptors (Lipinski definition) is 6. The molecule has 0 aliphatic carbocycles. The Morgan fingerprint density at radius 2 is 1.90 bits per heavy atom. The lowest BCUT2D eigenvalue weighted by molar-refractivity contribution is -0.115. The molecule has 0 radical (unpaired) electrons. The SMILES string of the molecule is CC1CCN(S(=O)(=O)c2ccc(NC(=O)Cc3csc(-c4ccccn4)n3)cc2)CC1. The number of amides is 1. The number of benzene rings is 1. The van der Waals surface area contributed by atoms with Crippen LogP contribution in [0.5, 0.6) is 0 Å². The monoisotopic (exact) mass is 456 g/mol. The van der Waals surface area contributed by atoms with E-state index in [9.17, 15) is 13.2 Å². The van der Waals surface area contributed by atoms with E-state index >= 15 is 0 Å². The molecule has 1 saturated heterocycles. The van der Waals surface area contributed by atoms with E-state index in [1.54, 1.807) is 34.8 Å². The van der Waals surface area contributed by atoms with E-state index in [1.807, 2.05) is 23.6 Å². The molecule has 9 heteroatoms. The number of pyridine rings is 1. The van der Waals surface area contributed by atoms with Crippen LogP contribution < -0.4 is 5.32 Å². The third-order valence-electron chi connectivity index (χ3n) is 5.30. The van der Waals surface area contributed by atoms with Crippen molar-refractivity contribution in [3.05, 3.63) is 59.7 Å². The average Bonchev–Trinajstić information content (AvgIpc) is 3.23. The van der Waals surface area contributed by atoms with Gasteiger partial charge in [0.25, 0.3) is 0 Å². The van der Waals surface area contributed by atoms with Crippen LogP contribution in [0.3, 0.4) is 0 Å². The number of anilines is 1. The minimum atomic E-state index is -3.50. The molecule has 3 aromatic rings. The van der Waals surface area contributed by atoms with Crippen molar-refractivity contribution in [2.75, 3.05) is 18.4 Å². The van der Waals surface area contributed by atoms with Crippen LogP contribution in [0.25, 0.3) is 10.7 Å². The molecule has 1 N–H and O–H groups in total. The summed E-state index contributed by atoms with van der Waals surface area (Å²) in [5, 5.41) is 5.42. The van der Waals surface area contributed by atoms with Gasteiger partial charge >= 0.3 is 0 Å². The Kier molecular flexibility index (Phi) is 6.45. The molecule has 0 saturated carbocycles. The van der Waals surface area contributed by atoms with Crippen molar-refractivity contribution in [1.29, 1.82) is 0 Å². The minimum absolute atomic E-state index is 0.134. The molecule has 1 aromatic carbocycles. The number of nitrogens with one attached hydrogen (secondary N) is 1. The van der Waals surface area contributed by atoms with Crippen LogP contribution in [0.1, 0.15) is 25.5 Å². The fourth-order valence-corrected chi connectivity index (χ4v) is 5.71. The van der Waals surface area contributed by atoms with Gasteiger partial charge in [-0.3, -0.25) is 9.78 Å². The molecule has 0 atom stereocenters. The molecule has 3 heterocycles. The van der Waals surface area contributed by atoms with Gasteiger partial charge in [0.05, 0.1) is 22.7 Å². The second kappa shape index (κ2) is 9.25. The largest absolute Gasteiger partial charge is 0.326 e. The van der Waals surface area contributed by atoms with Gasteiger partial charge in [-0.25, -0.2) is 13.4 Å². The Balaban J connectivity index is 1.37. The van der Waals surface area contributed by atoms with E-state index in [-0.39, 0.29) is 17.2 Å². The van der Waals surface area contributed by atoms with Crippen molar-refractivity contribution >= 4 is 33.0 Å². The summed E-state index contributed by atoms with van der Waals surface area (Å²) >= 11 is 1.44. The lowest BCUT2D eigenvalue weighted by Gasteiger charge is -2.29. The van der Waals surface area contributed by atoms with Crippen molar-refractivity contribution in [1.82, 2.24) is 14.3 Å². The number of nitrogens with zero attached hydrogens (tertiary/aromatic N) is 3. The van der Waals surface area contributed by atoms with E-state index in [0.717, 1.165) is 23.5 Å². The van der Waals surface area contributed by atoms with E-state index in [0.29, 0.717) is 30.4 Å². The van der Waals surface area contributed by atoms with Gasteiger partial charge in [-0.05, 0) is 55.2 Å². The minimum Gasteiger partial charge on any atom is -0.326 e. The Morgan fingerprint density at radius 1 is 1.16 bits per heavy atom. The zero-order valence-corrected chi connectivity index (χ0v) is 18.8. The lowest BCUT2D eigenvalue weighted by Crippen LogP contribution is -2.37. The van der Waals surface area contributed by atoms with Gasteiger partial charge in [0.2, 0.25) is 15.9 Å². The number of carbonyl (C=O) groups is 1. The molecular formula is C22H24N4O3S2. The lowest BCUT2D eigenvalue weighted by atomic mass is 10.0. The number of rotatable bonds is 6. The molecule has 0 unspecified atom stereocenters. The summed E-state index contributed by atoms with van der Waals surface area (Å²) in [5.74, 6) is 0.347. The summed E-state index contributed by atoms with van der Waals surface area (Å²) in [4.78, 5) is 21.4. The van der Waals surface area contributed by atoms with E-state index in [2.05, 4.69) is 22.2 Å². The van der Waals surface area contributed by atoms with Gasteiger partial charge in [-0.2, -0.15) is 4.31 Å². The number of sulfonamides is 1. The summed E-state index contributed by atoms with van der Waals surface area (Å²) in [6, 6.07) is 12.0. The topological polar surface area (TPSA) is 92.3 Å². The van der Waals surface area contributed by atoms with Crippen molar-refractivity contribution in [3.63, 3.8) is 0 Å². The molecule has 1 aliphatic rings. The molecule has 2 aromatic heterocycles. The third-order valence-corrected chi connectivity index (χ3v) is 8.12.